The van der Waals surface area contributed by atoms with E-state index in [0.29, 0.717) is 0 Å². The van der Waals surface area contributed by atoms with Crippen LogP contribution in [0.1, 0.15) is 6.92 Å². The van der Waals surface area contributed by atoms with E-state index in [1.807, 2.05) is 37.3 Å². The molecule has 0 bridgehead atoms. The van der Waals surface area contributed by atoms with Crippen LogP contribution in [0.25, 0.3) is 0 Å². The normalized spacial score (nSPS) is 8.73. The zero-order chi connectivity index (χ0) is 11.5. The van der Waals surface area contributed by atoms with Crippen molar-refractivity contribution in [2.24, 2.45) is 0 Å². The first kappa shape index (κ1) is 14.0. The Kier molecular flexibility index (Phi) is 8.98. The van der Waals surface area contributed by atoms with Crippen LogP contribution in [0.5, 0.6) is 5.75 Å². The lowest BCUT2D eigenvalue weighted by Crippen LogP contribution is -1.89. The minimum absolute atomic E-state index is 0.740. The highest BCUT2D eigenvalue weighted by Gasteiger charge is 2.10. The smallest absolute Gasteiger partial charge is 0.494 e. The maximum atomic E-state index is 9.88. The summed E-state index contributed by atoms with van der Waals surface area (Å²) in [4.78, 5) is 0. The molecular formula is C10H16O4P+. The Balaban J connectivity index is 0.000000288. The minimum atomic E-state index is -1.83. The van der Waals surface area contributed by atoms with Crippen LogP contribution >= 0.6 is 8.25 Å². The van der Waals surface area contributed by atoms with E-state index in [0.717, 1.165) is 12.4 Å². The van der Waals surface area contributed by atoms with Gasteiger partial charge in [-0.1, -0.05) is 18.2 Å². The molecule has 0 N–H and O–H groups in total. The fraction of sp³-hybridized carbons (Fsp3) is 0.400. The van der Waals surface area contributed by atoms with Gasteiger partial charge in [-0.05, 0) is 19.1 Å². The topological polar surface area (TPSA) is 44.8 Å². The lowest BCUT2D eigenvalue weighted by Gasteiger charge is -1.99. The third-order valence-corrected chi connectivity index (χ3v) is 1.95. The third kappa shape index (κ3) is 8.06. The van der Waals surface area contributed by atoms with Crippen LogP contribution < -0.4 is 4.74 Å². The summed E-state index contributed by atoms with van der Waals surface area (Å²) >= 11 is 0. The zero-order valence-electron chi connectivity index (χ0n) is 9.17. The van der Waals surface area contributed by atoms with E-state index in [2.05, 4.69) is 9.05 Å². The number of para-hydroxylation sites is 1. The summed E-state index contributed by atoms with van der Waals surface area (Å²) < 4.78 is 23.5. The molecule has 4 nitrogen and oxygen atoms in total. The zero-order valence-corrected chi connectivity index (χ0v) is 10.1. The van der Waals surface area contributed by atoms with Crippen molar-refractivity contribution in [1.29, 1.82) is 0 Å². The molecule has 0 aliphatic rings. The van der Waals surface area contributed by atoms with Gasteiger partial charge in [0.1, 0.15) is 5.75 Å². The Bertz CT molecular complexity index is 257. The molecule has 0 aromatic heterocycles. The van der Waals surface area contributed by atoms with E-state index in [4.69, 9.17) is 4.74 Å². The van der Waals surface area contributed by atoms with E-state index < -0.39 is 8.25 Å². The van der Waals surface area contributed by atoms with Gasteiger partial charge in [0.2, 0.25) is 0 Å². The summed E-state index contributed by atoms with van der Waals surface area (Å²) in [6, 6.07) is 9.80. The first-order valence-corrected chi connectivity index (χ1v) is 5.57. The van der Waals surface area contributed by atoms with Crippen molar-refractivity contribution in [2.75, 3.05) is 20.8 Å². The molecule has 1 aromatic rings. The maximum absolute atomic E-state index is 9.88. The first-order chi connectivity index (χ1) is 7.24. The average Bonchev–Trinajstić information content (AvgIpc) is 2.31. The Morgan fingerprint density at radius 3 is 2.00 bits per heavy atom. The molecule has 0 saturated carbocycles. The molecule has 0 saturated heterocycles. The van der Waals surface area contributed by atoms with Crippen molar-refractivity contribution < 1.29 is 18.3 Å². The van der Waals surface area contributed by atoms with Crippen molar-refractivity contribution >= 4 is 8.25 Å². The Hall–Kier alpha value is -0.960. The van der Waals surface area contributed by atoms with Gasteiger partial charge >= 0.3 is 8.25 Å². The maximum Gasteiger partial charge on any atom is 0.696 e. The van der Waals surface area contributed by atoms with E-state index in [-0.39, 0.29) is 0 Å². The molecule has 84 valence electrons. The molecule has 15 heavy (non-hydrogen) atoms. The second kappa shape index (κ2) is 9.59. The second-order valence-corrected chi connectivity index (χ2v) is 3.51. The van der Waals surface area contributed by atoms with Crippen LogP contribution in [0.15, 0.2) is 30.3 Å². The number of benzene rings is 1. The quantitative estimate of drug-likeness (QED) is 0.747. The SMILES string of the molecule is CCOc1ccccc1.CO[P+](=O)OC. The average molecular weight is 231 g/mol. The summed E-state index contributed by atoms with van der Waals surface area (Å²) in [5.41, 5.74) is 0. The molecular weight excluding hydrogens is 215 g/mol. The first-order valence-electron chi connectivity index (χ1n) is 4.47. The van der Waals surface area contributed by atoms with E-state index in [1.165, 1.54) is 14.2 Å². The molecule has 0 aliphatic carbocycles. The highest BCUT2D eigenvalue weighted by molar-refractivity contribution is 7.33. The summed E-state index contributed by atoms with van der Waals surface area (Å²) in [5.74, 6) is 0.944. The number of rotatable bonds is 4. The summed E-state index contributed by atoms with van der Waals surface area (Å²) in [6.07, 6.45) is 0. The predicted octanol–water partition coefficient (Wildman–Crippen LogP) is 3.02. The summed E-state index contributed by atoms with van der Waals surface area (Å²) in [7, 11) is 0.817. The Morgan fingerprint density at radius 1 is 1.13 bits per heavy atom. The van der Waals surface area contributed by atoms with E-state index in [1.54, 1.807) is 0 Å². The minimum Gasteiger partial charge on any atom is -0.494 e. The van der Waals surface area contributed by atoms with Crippen molar-refractivity contribution in [3.8, 4) is 5.75 Å². The highest BCUT2D eigenvalue weighted by atomic mass is 31.1. The van der Waals surface area contributed by atoms with Crippen molar-refractivity contribution in [1.82, 2.24) is 0 Å². The lowest BCUT2D eigenvalue weighted by atomic mass is 10.3. The van der Waals surface area contributed by atoms with Crippen LogP contribution in [0.2, 0.25) is 0 Å². The van der Waals surface area contributed by atoms with Crippen molar-refractivity contribution in [3.05, 3.63) is 30.3 Å². The largest absolute Gasteiger partial charge is 0.696 e. The standard InChI is InChI=1S/C8H10O.C2H6O3P/c1-2-9-8-6-4-3-5-7-8;1-4-6(3)5-2/h3-7H,2H2,1H3;1-2H3/q;+1. The molecule has 0 unspecified atom stereocenters. The molecule has 0 radical (unpaired) electrons. The second-order valence-electron chi connectivity index (χ2n) is 2.33. The third-order valence-electron chi connectivity index (χ3n) is 1.35. The van der Waals surface area contributed by atoms with E-state index >= 15 is 0 Å². The van der Waals surface area contributed by atoms with Gasteiger partial charge in [-0.15, -0.1) is 9.05 Å². The molecule has 0 heterocycles. The number of hydrogen-bond donors (Lipinski definition) is 0. The fourth-order valence-electron chi connectivity index (χ4n) is 0.758. The number of ether oxygens (including phenoxy) is 1. The van der Waals surface area contributed by atoms with Gasteiger partial charge in [0.15, 0.2) is 0 Å². The molecule has 0 amide bonds. The van der Waals surface area contributed by atoms with Crippen molar-refractivity contribution in [2.45, 2.75) is 6.92 Å². The summed E-state index contributed by atoms with van der Waals surface area (Å²) in [5, 5.41) is 0. The molecule has 0 spiro atoms. The lowest BCUT2D eigenvalue weighted by molar-refractivity contribution is 0.302. The van der Waals surface area contributed by atoms with Crippen molar-refractivity contribution in [3.63, 3.8) is 0 Å². The molecule has 1 rings (SSSR count). The summed E-state index contributed by atoms with van der Waals surface area (Å²) in [6.45, 7) is 2.72. The van der Waals surface area contributed by atoms with Gasteiger partial charge in [0.25, 0.3) is 0 Å². The molecule has 0 atom stereocenters. The van der Waals surface area contributed by atoms with Gasteiger partial charge < -0.3 is 4.74 Å². The molecule has 1 aromatic carbocycles. The molecule has 5 heteroatoms. The Morgan fingerprint density at radius 2 is 1.67 bits per heavy atom. The number of hydrogen-bond acceptors (Lipinski definition) is 4. The van der Waals surface area contributed by atoms with Gasteiger partial charge in [-0.2, -0.15) is 0 Å². The fourth-order valence-corrected chi connectivity index (χ4v) is 0.907. The van der Waals surface area contributed by atoms with Gasteiger partial charge in [0, 0.05) is 4.57 Å². The predicted molar refractivity (Wildman–Crippen MR) is 59.2 cm³/mol. The van der Waals surface area contributed by atoms with Crippen LogP contribution in [-0.2, 0) is 13.6 Å². The van der Waals surface area contributed by atoms with Crippen LogP contribution in [0.4, 0.5) is 0 Å². The monoisotopic (exact) mass is 231 g/mol. The van der Waals surface area contributed by atoms with Crippen LogP contribution in [-0.4, -0.2) is 20.8 Å². The van der Waals surface area contributed by atoms with E-state index in [9.17, 15) is 4.57 Å². The molecule has 0 fully saturated rings. The van der Waals surface area contributed by atoms with Crippen LogP contribution in [0, 0.1) is 0 Å². The van der Waals surface area contributed by atoms with Crippen LogP contribution in [0.3, 0.4) is 0 Å². The highest BCUT2D eigenvalue weighted by Crippen LogP contribution is 2.18. The molecule has 0 aliphatic heterocycles. The Labute approximate surface area is 91.1 Å². The van der Waals surface area contributed by atoms with Gasteiger partial charge in [-0.25, -0.2) is 0 Å². The van der Waals surface area contributed by atoms with Gasteiger partial charge in [0.05, 0.1) is 20.8 Å². The van der Waals surface area contributed by atoms with Gasteiger partial charge in [-0.3, -0.25) is 0 Å².